The quantitative estimate of drug-likeness (QED) is 0.342. The van der Waals surface area contributed by atoms with Gasteiger partial charge in [-0.05, 0) is 66.7 Å². The number of nitrogens with zero attached hydrogens (tertiary/aromatic N) is 2. The highest BCUT2D eigenvalue weighted by atomic mass is 127. The first kappa shape index (κ1) is 22.6. The van der Waals surface area contributed by atoms with Crippen LogP contribution < -0.4 is 5.32 Å². The standard InChI is InChI=1S/C18H27BrFN3O.HI/c1-3-21-18(23-11-8-15(9-12-23)24-4-2)22-10-7-14-5-6-17(20)16(19)13-14;/h5-6,13,15H,3-4,7-12H2,1-2H3,(H,21,22);1H. The number of hydrogen-bond donors (Lipinski definition) is 1. The van der Waals surface area contributed by atoms with Crippen LogP contribution in [0.25, 0.3) is 0 Å². The second-order valence-electron chi connectivity index (χ2n) is 5.88. The first-order chi connectivity index (χ1) is 11.6. The van der Waals surface area contributed by atoms with Crippen molar-refractivity contribution in [1.82, 2.24) is 10.2 Å². The van der Waals surface area contributed by atoms with Crippen LogP contribution >= 0.6 is 39.9 Å². The smallest absolute Gasteiger partial charge is 0.193 e. The fraction of sp³-hybridized carbons (Fsp3) is 0.611. The predicted molar refractivity (Wildman–Crippen MR) is 115 cm³/mol. The first-order valence-corrected chi connectivity index (χ1v) is 9.52. The molecule has 2 rings (SSSR count). The molecular formula is C18H28BrFIN3O. The Kier molecular flexibility index (Phi) is 10.9. The zero-order valence-corrected chi connectivity index (χ0v) is 18.8. The van der Waals surface area contributed by atoms with Crippen LogP contribution in [-0.4, -0.2) is 49.7 Å². The van der Waals surface area contributed by atoms with E-state index in [-0.39, 0.29) is 29.8 Å². The molecule has 0 unspecified atom stereocenters. The summed E-state index contributed by atoms with van der Waals surface area (Å²) in [6, 6.07) is 5.13. The number of ether oxygens (including phenoxy) is 1. The van der Waals surface area contributed by atoms with Crippen molar-refractivity contribution < 1.29 is 9.13 Å². The van der Waals surface area contributed by atoms with Crippen LogP contribution in [-0.2, 0) is 11.2 Å². The lowest BCUT2D eigenvalue weighted by atomic mass is 10.1. The van der Waals surface area contributed by atoms with E-state index in [1.807, 2.05) is 19.1 Å². The summed E-state index contributed by atoms with van der Waals surface area (Å²) < 4.78 is 19.5. The Bertz CT molecular complexity index is 551. The molecule has 0 bridgehead atoms. The highest BCUT2D eigenvalue weighted by Crippen LogP contribution is 2.17. The maximum absolute atomic E-state index is 13.3. The van der Waals surface area contributed by atoms with Gasteiger partial charge in [-0.1, -0.05) is 6.07 Å². The minimum Gasteiger partial charge on any atom is -0.378 e. The minimum absolute atomic E-state index is 0. The second-order valence-corrected chi connectivity index (χ2v) is 6.73. The van der Waals surface area contributed by atoms with E-state index in [9.17, 15) is 4.39 Å². The molecule has 1 saturated heterocycles. The monoisotopic (exact) mass is 527 g/mol. The summed E-state index contributed by atoms with van der Waals surface area (Å²) in [7, 11) is 0. The summed E-state index contributed by atoms with van der Waals surface area (Å²) >= 11 is 3.23. The fourth-order valence-electron chi connectivity index (χ4n) is 2.88. The number of piperidine rings is 1. The third-order valence-electron chi connectivity index (χ3n) is 4.12. The summed E-state index contributed by atoms with van der Waals surface area (Å²) in [6.45, 7) is 8.40. The molecule has 0 amide bonds. The molecule has 0 radical (unpaired) electrons. The molecule has 1 aromatic rings. The van der Waals surface area contributed by atoms with Crippen molar-refractivity contribution >= 4 is 45.9 Å². The number of halogens is 3. The van der Waals surface area contributed by atoms with Crippen LogP contribution in [0.2, 0.25) is 0 Å². The molecule has 0 aliphatic carbocycles. The van der Waals surface area contributed by atoms with Crippen LogP contribution in [0.5, 0.6) is 0 Å². The molecule has 7 heteroatoms. The van der Waals surface area contributed by atoms with E-state index in [1.165, 1.54) is 6.07 Å². The van der Waals surface area contributed by atoms with Crippen LogP contribution in [0.15, 0.2) is 27.7 Å². The normalized spacial score (nSPS) is 15.8. The van der Waals surface area contributed by atoms with Gasteiger partial charge in [0, 0.05) is 32.8 Å². The number of likely N-dealkylation sites (tertiary alicyclic amines) is 1. The second kappa shape index (κ2) is 12.1. The van der Waals surface area contributed by atoms with Crippen molar-refractivity contribution in [2.45, 2.75) is 39.2 Å². The Morgan fingerprint density at radius 1 is 1.36 bits per heavy atom. The van der Waals surface area contributed by atoms with Gasteiger partial charge in [0.15, 0.2) is 5.96 Å². The summed E-state index contributed by atoms with van der Waals surface area (Å²) in [4.78, 5) is 7.04. The van der Waals surface area contributed by atoms with Gasteiger partial charge in [-0.25, -0.2) is 4.39 Å². The SMILES string of the molecule is CCNC(=NCCc1ccc(F)c(Br)c1)N1CCC(OCC)CC1.I. The van der Waals surface area contributed by atoms with Gasteiger partial charge in [0.05, 0.1) is 10.6 Å². The first-order valence-electron chi connectivity index (χ1n) is 8.72. The Morgan fingerprint density at radius 2 is 2.08 bits per heavy atom. The maximum atomic E-state index is 13.3. The number of benzene rings is 1. The van der Waals surface area contributed by atoms with Gasteiger partial charge in [-0.3, -0.25) is 4.99 Å². The van der Waals surface area contributed by atoms with Crippen molar-refractivity contribution in [2.24, 2.45) is 4.99 Å². The van der Waals surface area contributed by atoms with Crippen LogP contribution in [0, 0.1) is 5.82 Å². The van der Waals surface area contributed by atoms with E-state index in [1.54, 1.807) is 0 Å². The van der Waals surface area contributed by atoms with Crippen molar-refractivity contribution in [3.63, 3.8) is 0 Å². The van der Waals surface area contributed by atoms with Crippen molar-refractivity contribution in [2.75, 3.05) is 32.8 Å². The minimum atomic E-state index is -0.229. The maximum Gasteiger partial charge on any atom is 0.193 e. The molecule has 0 atom stereocenters. The van der Waals surface area contributed by atoms with E-state index in [4.69, 9.17) is 9.73 Å². The molecule has 1 aliphatic heterocycles. The van der Waals surface area contributed by atoms with E-state index in [0.29, 0.717) is 17.1 Å². The predicted octanol–water partition coefficient (Wildman–Crippen LogP) is 4.22. The van der Waals surface area contributed by atoms with Crippen molar-refractivity contribution in [1.29, 1.82) is 0 Å². The van der Waals surface area contributed by atoms with Crippen LogP contribution in [0.1, 0.15) is 32.3 Å². The van der Waals surface area contributed by atoms with Crippen LogP contribution in [0.4, 0.5) is 4.39 Å². The molecule has 0 spiro atoms. The number of hydrogen-bond acceptors (Lipinski definition) is 2. The van der Waals surface area contributed by atoms with Crippen molar-refractivity contribution in [3.8, 4) is 0 Å². The molecule has 1 aliphatic rings. The van der Waals surface area contributed by atoms with E-state index in [2.05, 4.69) is 33.1 Å². The lowest BCUT2D eigenvalue weighted by Crippen LogP contribution is -2.47. The van der Waals surface area contributed by atoms with Gasteiger partial charge in [0.1, 0.15) is 5.82 Å². The molecule has 1 aromatic carbocycles. The van der Waals surface area contributed by atoms with E-state index < -0.39 is 0 Å². The van der Waals surface area contributed by atoms with Crippen molar-refractivity contribution in [3.05, 3.63) is 34.1 Å². The molecule has 4 nitrogen and oxygen atoms in total. The Hall–Kier alpha value is -0.410. The highest BCUT2D eigenvalue weighted by molar-refractivity contribution is 14.0. The van der Waals surface area contributed by atoms with Gasteiger partial charge in [-0.15, -0.1) is 24.0 Å². The lowest BCUT2D eigenvalue weighted by molar-refractivity contribution is 0.0264. The van der Waals surface area contributed by atoms with Gasteiger partial charge in [0.25, 0.3) is 0 Å². The van der Waals surface area contributed by atoms with E-state index >= 15 is 0 Å². The zero-order chi connectivity index (χ0) is 17.4. The molecule has 25 heavy (non-hydrogen) atoms. The summed E-state index contributed by atoms with van der Waals surface area (Å²) in [5.41, 5.74) is 1.08. The van der Waals surface area contributed by atoms with Gasteiger partial charge >= 0.3 is 0 Å². The Balaban J connectivity index is 0.00000312. The molecular weight excluding hydrogens is 500 g/mol. The Labute approximate surface area is 175 Å². The summed E-state index contributed by atoms with van der Waals surface area (Å²) in [5, 5.41) is 3.37. The zero-order valence-electron chi connectivity index (χ0n) is 14.9. The number of nitrogens with one attached hydrogen (secondary N) is 1. The molecule has 1 fully saturated rings. The number of rotatable bonds is 6. The number of aliphatic imine (C=N–C) groups is 1. The summed E-state index contributed by atoms with van der Waals surface area (Å²) in [6.07, 6.45) is 3.26. The molecule has 142 valence electrons. The average Bonchev–Trinajstić information content (AvgIpc) is 2.58. The topological polar surface area (TPSA) is 36.9 Å². The van der Waals surface area contributed by atoms with Crippen LogP contribution in [0.3, 0.4) is 0 Å². The highest BCUT2D eigenvalue weighted by Gasteiger charge is 2.21. The molecule has 0 aromatic heterocycles. The molecule has 0 saturated carbocycles. The third-order valence-corrected chi connectivity index (χ3v) is 4.73. The molecule has 1 N–H and O–H groups in total. The van der Waals surface area contributed by atoms with Gasteiger partial charge < -0.3 is 15.0 Å². The Morgan fingerprint density at radius 3 is 2.68 bits per heavy atom. The third kappa shape index (κ3) is 7.38. The van der Waals surface area contributed by atoms with Gasteiger partial charge in [-0.2, -0.15) is 0 Å². The molecule has 1 heterocycles. The fourth-order valence-corrected chi connectivity index (χ4v) is 3.31. The summed E-state index contributed by atoms with van der Waals surface area (Å²) in [5.74, 6) is 0.737. The van der Waals surface area contributed by atoms with Gasteiger partial charge in [0.2, 0.25) is 0 Å². The average molecular weight is 528 g/mol. The largest absolute Gasteiger partial charge is 0.378 e. The number of guanidine groups is 1. The van der Waals surface area contributed by atoms with E-state index in [0.717, 1.165) is 57.0 Å². The lowest BCUT2D eigenvalue weighted by Gasteiger charge is -2.34.